The van der Waals surface area contributed by atoms with Crippen LogP contribution in [0.15, 0.2) is 12.1 Å². The predicted molar refractivity (Wildman–Crippen MR) is 62.7 cm³/mol. The molecule has 0 spiro atoms. The molecular weight excluding hydrogens is 233 g/mol. The molecule has 1 saturated heterocycles. The molecule has 15 heavy (non-hydrogen) atoms. The molecule has 0 aromatic heterocycles. The molecule has 0 unspecified atom stereocenters. The molecule has 0 aliphatic carbocycles. The van der Waals surface area contributed by atoms with E-state index in [0.29, 0.717) is 10.0 Å². The highest BCUT2D eigenvalue weighted by molar-refractivity contribution is 6.35. The highest BCUT2D eigenvalue weighted by Crippen LogP contribution is 2.37. The van der Waals surface area contributed by atoms with Crippen LogP contribution in [0.4, 0.5) is 0 Å². The molecule has 1 fully saturated rings. The normalized spacial score (nSPS) is 21.6. The molecule has 2 nitrogen and oxygen atoms in total. The summed E-state index contributed by atoms with van der Waals surface area (Å²) in [6, 6.07) is 3.37. The van der Waals surface area contributed by atoms with Crippen LogP contribution in [0, 0.1) is 0 Å². The molecule has 1 aromatic carbocycles. The van der Waals surface area contributed by atoms with Crippen LogP contribution in [0.1, 0.15) is 30.9 Å². The largest absolute Gasteiger partial charge is 0.508 e. The minimum absolute atomic E-state index is 0.156. The van der Waals surface area contributed by atoms with Crippen molar-refractivity contribution in [3.8, 4) is 5.75 Å². The molecule has 0 bridgehead atoms. The maximum absolute atomic E-state index is 9.82. The highest BCUT2D eigenvalue weighted by Gasteiger charge is 2.21. The van der Waals surface area contributed by atoms with Gasteiger partial charge in [-0.3, -0.25) is 0 Å². The number of phenolic OH excluding ortho intramolecular Hbond substituents is 1. The minimum atomic E-state index is 0.156. The first-order valence-corrected chi connectivity index (χ1v) is 5.85. The molecule has 4 heteroatoms. The number of aromatic hydroxyl groups is 1. The SMILES string of the molecule is Oc1cc(Cl)cc(Cl)c1[C@H]1CCCCN1. The summed E-state index contributed by atoms with van der Waals surface area (Å²) in [5.41, 5.74) is 0.778. The van der Waals surface area contributed by atoms with Gasteiger partial charge in [-0.05, 0) is 31.5 Å². The van der Waals surface area contributed by atoms with Gasteiger partial charge in [0, 0.05) is 16.6 Å². The third-order valence-electron chi connectivity index (χ3n) is 2.73. The zero-order valence-electron chi connectivity index (χ0n) is 8.26. The molecule has 1 aromatic rings. The Hall–Kier alpha value is -0.440. The summed E-state index contributed by atoms with van der Waals surface area (Å²) in [5, 5.41) is 14.2. The number of benzene rings is 1. The van der Waals surface area contributed by atoms with E-state index in [0.717, 1.165) is 24.9 Å². The Morgan fingerprint density at radius 2 is 2.07 bits per heavy atom. The van der Waals surface area contributed by atoms with Gasteiger partial charge < -0.3 is 10.4 Å². The van der Waals surface area contributed by atoms with E-state index in [9.17, 15) is 5.11 Å². The quantitative estimate of drug-likeness (QED) is 0.794. The van der Waals surface area contributed by atoms with Crippen LogP contribution in [0.5, 0.6) is 5.75 Å². The van der Waals surface area contributed by atoms with Crippen LogP contribution >= 0.6 is 23.2 Å². The fourth-order valence-electron chi connectivity index (χ4n) is 2.01. The molecule has 1 atom stereocenters. The Kier molecular flexibility index (Phi) is 3.39. The second-order valence-electron chi connectivity index (χ2n) is 3.82. The van der Waals surface area contributed by atoms with Gasteiger partial charge in [0.2, 0.25) is 0 Å². The van der Waals surface area contributed by atoms with Crippen LogP contribution in [0.3, 0.4) is 0 Å². The number of hydrogen-bond acceptors (Lipinski definition) is 2. The van der Waals surface area contributed by atoms with Gasteiger partial charge in [0.05, 0.1) is 5.02 Å². The number of phenols is 1. The molecule has 1 aliphatic heterocycles. The number of halogens is 2. The summed E-state index contributed by atoms with van der Waals surface area (Å²) >= 11 is 11.9. The van der Waals surface area contributed by atoms with Crippen LogP contribution in [0.25, 0.3) is 0 Å². The van der Waals surface area contributed by atoms with Gasteiger partial charge in [-0.15, -0.1) is 0 Å². The second kappa shape index (κ2) is 4.60. The van der Waals surface area contributed by atoms with E-state index in [1.165, 1.54) is 6.42 Å². The van der Waals surface area contributed by atoms with Crippen LogP contribution in [-0.2, 0) is 0 Å². The van der Waals surface area contributed by atoms with E-state index >= 15 is 0 Å². The lowest BCUT2D eigenvalue weighted by Gasteiger charge is -2.25. The fourth-order valence-corrected chi connectivity index (χ4v) is 2.63. The predicted octanol–water partition coefficient (Wildman–Crippen LogP) is 3.51. The van der Waals surface area contributed by atoms with Crippen molar-refractivity contribution >= 4 is 23.2 Å². The van der Waals surface area contributed by atoms with Crippen molar-refractivity contribution in [1.82, 2.24) is 5.32 Å². The van der Waals surface area contributed by atoms with Crippen molar-refractivity contribution in [2.45, 2.75) is 25.3 Å². The fraction of sp³-hybridized carbons (Fsp3) is 0.455. The van der Waals surface area contributed by atoms with Crippen LogP contribution < -0.4 is 5.32 Å². The highest BCUT2D eigenvalue weighted by atomic mass is 35.5. The number of hydrogen-bond donors (Lipinski definition) is 2. The van der Waals surface area contributed by atoms with E-state index in [4.69, 9.17) is 23.2 Å². The van der Waals surface area contributed by atoms with Gasteiger partial charge >= 0.3 is 0 Å². The lowest BCUT2D eigenvalue weighted by atomic mass is 9.97. The van der Waals surface area contributed by atoms with Gasteiger partial charge in [-0.1, -0.05) is 29.6 Å². The summed E-state index contributed by atoms with van der Waals surface area (Å²) in [6.45, 7) is 0.975. The third-order valence-corrected chi connectivity index (χ3v) is 3.26. The van der Waals surface area contributed by atoms with Crippen molar-refractivity contribution in [1.29, 1.82) is 0 Å². The summed E-state index contributed by atoms with van der Waals surface area (Å²) in [5.74, 6) is 0.187. The first-order valence-electron chi connectivity index (χ1n) is 5.10. The van der Waals surface area contributed by atoms with E-state index < -0.39 is 0 Å². The van der Waals surface area contributed by atoms with E-state index in [-0.39, 0.29) is 11.8 Å². The average molecular weight is 246 g/mol. The molecule has 0 amide bonds. The molecule has 2 N–H and O–H groups in total. The van der Waals surface area contributed by atoms with Gasteiger partial charge in [0.1, 0.15) is 5.75 Å². The van der Waals surface area contributed by atoms with Gasteiger partial charge in [-0.25, -0.2) is 0 Å². The molecule has 1 heterocycles. The van der Waals surface area contributed by atoms with Crippen molar-refractivity contribution in [2.24, 2.45) is 0 Å². The van der Waals surface area contributed by atoms with Crippen molar-refractivity contribution in [3.63, 3.8) is 0 Å². The number of nitrogens with one attached hydrogen (secondary N) is 1. The summed E-state index contributed by atoms with van der Waals surface area (Å²) in [4.78, 5) is 0. The Balaban J connectivity index is 2.33. The van der Waals surface area contributed by atoms with Crippen LogP contribution in [0.2, 0.25) is 10.0 Å². The minimum Gasteiger partial charge on any atom is -0.508 e. The molecule has 1 aliphatic rings. The first-order chi connectivity index (χ1) is 7.18. The number of piperidine rings is 1. The van der Waals surface area contributed by atoms with Gasteiger partial charge in [0.15, 0.2) is 0 Å². The van der Waals surface area contributed by atoms with Crippen molar-refractivity contribution < 1.29 is 5.11 Å². The van der Waals surface area contributed by atoms with Crippen LogP contribution in [-0.4, -0.2) is 11.7 Å². The zero-order chi connectivity index (χ0) is 10.8. The second-order valence-corrected chi connectivity index (χ2v) is 4.67. The van der Waals surface area contributed by atoms with E-state index in [1.54, 1.807) is 12.1 Å². The Morgan fingerprint density at radius 3 is 2.67 bits per heavy atom. The van der Waals surface area contributed by atoms with Gasteiger partial charge in [0.25, 0.3) is 0 Å². The Bertz CT molecular complexity index is 339. The van der Waals surface area contributed by atoms with Crippen molar-refractivity contribution in [3.05, 3.63) is 27.7 Å². The first kappa shape index (κ1) is 11.1. The monoisotopic (exact) mass is 245 g/mol. The summed E-state index contributed by atoms with van der Waals surface area (Å²) < 4.78 is 0. The Labute approximate surface area is 99.2 Å². The average Bonchev–Trinajstić information content (AvgIpc) is 2.17. The zero-order valence-corrected chi connectivity index (χ0v) is 9.78. The molecule has 82 valence electrons. The third kappa shape index (κ3) is 2.39. The molecular formula is C11H13Cl2NO. The maximum atomic E-state index is 9.82. The standard InChI is InChI=1S/C11H13Cl2NO/c12-7-5-8(13)11(10(15)6-7)9-3-1-2-4-14-9/h5-6,9,14-15H,1-4H2/t9-/m1/s1. The smallest absolute Gasteiger partial charge is 0.123 e. The lowest BCUT2D eigenvalue weighted by molar-refractivity contribution is 0.391. The van der Waals surface area contributed by atoms with Crippen molar-refractivity contribution in [2.75, 3.05) is 6.54 Å². The molecule has 0 saturated carbocycles. The Morgan fingerprint density at radius 1 is 1.27 bits per heavy atom. The molecule has 2 rings (SSSR count). The summed E-state index contributed by atoms with van der Waals surface area (Å²) in [7, 11) is 0. The lowest BCUT2D eigenvalue weighted by Crippen LogP contribution is -2.27. The van der Waals surface area contributed by atoms with Gasteiger partial charge in [-0.2, -0.15) is 0 Å². The summed E-state index contributed by atoms with van der Waals surface area (Å²) in [6.07, 6.45) is 3.35. The maximum Gasteiger partial charge on any atom is 0.123 e. The molecule has 0 radical (unpaired) electrons. The topological polar surface area (TPSA) is 32.3 Å². The van der Waals surface area contributed by atoms with E-state index in [2.05, 4.69) is 5.32 Å². The number of rotatable bonds is 1. The van der Waals surface area contributed by atoms with E-state index in [1.807, 2.05) is 0 Å².